The van der Waals surface area contributed by atoms with Crippen molar-refractivity contribution in [2.75, 3.05) is 19.6 Å². The molecule has 0 radical (unpaired) electrons. The van der Waals surface area contributed by atoms with E-state index in [1.807, 2.05) is 12.1 Å². The van der Waals surface area contributed by atoms with E-state index in [1.165, 1.54) is 5.56 Å². The molecule has 0 saturated heterocycles. The Morgan fingerprint density at radius 3 is 0.856 bits per heavy atom. The molecule has 0 fully saturated rings. The van der Waals surface area contributed by atoms with Crippen molar-refractivity contribution in [1.82, 2.24) is 0 Å². The summed E-state index contributed by atoms with van der Waals surface area (Å²) < 4.78 is 44.2. The lowest BCUT2D eigenvalue weighted by molar-refractivity contribution is 0.667. The van der Waals surface area contributed by atoms with Gasteiger partial charge in [0, 0.05) is 150 Å². The molecule has 10 nitrogen and oxygen atoms in total. The maximum absolute atomic E-state index is 7.79. The number of fused-ring (bicyclic) bond motifs is 26. The lowest BCUT2D eigenvalue weighted by Gasteiger charge is -2.28. The van der Waals surface area contributed by atoms with Gasteiger partial charge in [0.05, 0.1) is 45.5 Å². The highest BCUT2D eigenvalue weighted by molar-refractivity contribution is 6.33. The standard InChI is InChI=1S/C129H84N4O6/c1-77(2)79-63-67-85(68-64-79)132(105-57-29-53-100-94-45-24-26-61-113(94)136-125(100)105)111-75-117-122(98-49-22-18-43-92(98)111)123-99-50-23-19-44-93(99)112(76-118(123)135-117)133(106-58-30-54-101-95-46-25-27-62-114(95)137-126(101)106)86-69-65-80(66-70-86)78(3)87-71-72-89(82-35-10-5-11-36-82)129-119(87)104-56-32-60-108(128(104)139-129)131(84-39-14-7-15-40-84)110-74-116-121(97-48-21-17-42-91(97)110)120-96-47-20-16-41-90(96)109(73-115(120)134-116)130(83-37-12-6-13-38-83)107-59-31-55-103-102-52-28-51-88(124(102)138-127(103)107)81-33-8-4-9-34-81/h4-78H,1-3H3. The van der Waals surface area contributed by atoms with Crippen molar-refractivity contribution in [3.05, 3.63) is 460 Å². The number of hydrogen-bond acceptors (Lipinski definition) is 10. The van der Waals surface area contributed by atoms with E-state index >= 15 is 0 Å². The van der Waals surface area contributed by atoms with Crippen LogP contribution in [0, 0.1) is 0 Å². The lowest BCUT2D eigenvalue weighted by Crippen LogP contribution is -2.11. The van der Waals surface area contributed by atoms with Crippen LogP contribution in [0.2, 0.25) is 0 Å². The largest absolute Gasteiger partial charge is 0.456 e. The van der Waals surface area contributed by atoms with Crippen LogP contribution in [0.15, 0.2) is 469 Å². The van der Waals surface area contributed by atoms with E-state index in [2.05, 4.69) is 471 Å². The van der Waals surface area contributed by atoms with Crippen molar-refractivity contribution < 1.29 is 26.5 Å². The topological polar surface area (TPSA) is 91.8 Å². The second-order valence-electron chi connectivity index (χ2n) is 36.9. The number of furan rings is 6. The van der Waals surface area contributed by atoms with Crippen molar-refractivity contribution in [2.24, 2.45) is 0 Å². The molecular formula is C129H84N4O6. The second kappa shape index (κ2) is 31.5. The summed E-state index contributed by atoms with van der Waals surface area (Å²) in [5, 5.41) is 20.9. The van der Waals surface area contributed by atoms with Crippen LogP contribution in [0.4, 0.5) is 68.2 Å². The van der Waals surface area contributed by atoms with Crippen LogP contribution in [0.5, 0.6) is 0 Å². The average Bonchev–Trinajstić information content (AvgIpc) is 1.58. The highest BCUT2D eigenvalue weighted by Crippen LogP contribution is 2.57. The molecule has 10 heteroatoms. The van der Waals surface area contributed by atoms with Crippen molar-refractivity contribution in [3.8, 4) is 22.3 Å². The fraction of sp³-hybridized carbons (Fsp3) is 0.0388. The Bertz CT molecular complexity index is 9860. The van der Waals surface area contributed by atoms with E-state index in [4.69, 9.17) is 26.5 Å². The molecule has 0 aliphatic carbocycles. The van der Waals surface area contributed by atoms with E-state index in [0.29, 0.717) is 5.92 Å². The van der Waals surface area contributed by atoms with Gasteiger partial charge in [-0.25, -0.2) is 0 Å². The highest BCUT2D eigenvalue weighted by atomic mass is 16.4. The summed E-state index contributed by atoms with van der Waals surface area (Å²) in [6.07, 6.45) is 0. The van der Waals surface area contributed by atoms with Crippen LogP contribution in [0.1, 0.15) is 49.3 Å². The van der Waals surface area contributed by atoms with Gasteiger partial charge in [-0.1, -0.05) is 354 Å². The summed E-state index contributed by atoms with van der Waals surface area (Å²) >= 11 is 0. The van der Waals surface area contributed by atoms with E-state index in [1.54, 1.807) is 0 Å². The second-order valence-corrected chi connectivity index (χ2v) is 36.9. The highest BCUT2D eigenvalue weighted by Gasteiger charge is 2.33. The van der Waals surface area contributed by atoms with Gasteiger partial charge in [-0.3, -0.25) is 0 Å². The molecule has 6 heterocycles. The molecule has 1 unspecified atom stereocenters. The van der Waals surface area contributed by atoms with E-state index in [9.17, 15) is 0 Å². The average molecular weight is 1790 g/mol. The third kappa shape index (κ3) is 12.4. The molecule has 0 saturated carbocycles. The predicted octanol–water partition coefficient (Wildman–Crippen LogP) is 38.2. The van der Waals surface area contributed by atoms with Crippen LogP contribution in [-0.2, 0) is 0 Å². The van der Waals surface area contributed by atoms with Crippen molar-refractivity contribution >= 4 is 243 Å². The first kappa shape index (κ1) is 79.4. The smallest absolute Gasteiger partial charge is 0.159 e. The number of nitrogens with zero attached hydrogens (tertiary/aromatic N) is 4. The predicted molar refractivity (Wildman–Crippen MR) is 578 cm³/mol. The summed E-state index contributed by atoms with van der Waals surface area (Å²) in [7, 11) is 0. The SMILES string of the molecule is CC(C)c1ccc(N(c2cc3oc4cc(N(c5ccc(C(C)c6ccc(-c7ccccc7)c7oc8c(N(c9ccccc9)c9cc%10oc%11cc(N(c%12ccccc%12)c%12cccc%13c%12oc%12c(-c%14ccccc%14)cccc%12%13)c%12ccccc%12c%11c%10c%10ccccc9%10)cccc8c67)cc5)c5cccc6c5oc5ccccc56)c5ccccc5c4c3c3ccccc23)c2cccc3c2oc2ccccc23)cc1. The molecular weight excluding hydrogens is 1700 g/mol. The quantitative estimate of drug-likeness (QED) is 0.0878. The number of benzene rings is 22. The zero-order chi connectivity index (χ0) is 91.8. The van der Waals surface area contributed by atoms with Gasteiger partial charge in [0.1, 0.15) is 44.7 Å². The maximum Gasteiger partial charge on any atom is 0.159 e. The fourth-order valence-corrected chi connectivity index (χ4v) is 22.5. The van der Waals surface area contributed by atoms with Gasteiger partial charge in [-0.15, -0.1) is 0 Å². The zero-order valence-electron chi connectivity index (χ0n) is 76.0. The Hall–Kier alpha value is -18.1. The van der Waals surface area contributed by atoms with Crippen LogP contribution in [0.3, 0.4) is 0 Å². The molecule has 0 aliphatic heterocycles. The minimum atomic E-state index is -0.152. The molecule has 0 N–H and O–H groups in total. The van der Waals surface area contributed by atoms with Gasteiger partial charge in [-0.2, -0.15) is 0 Å². The van der Waals surface area contributed by atoms with Gasteiger partial charge < -0.3 is 46.1 Å². The summed E-state index contributed by atoms with van der Waals surface area (Å²) in [5.41, 5.74) is 28.4. The molecule has 28 aromatic rings. The van der Waals surface area contributed by atoms with Crippen molar-refractivity contribution in [1.29, 1.82) is 0 Å². The molecule has 28 rings (SSSR count). The van der Waals surface area contributed by atoms with Crippen LogP contribution < -0.4 is 19.6 Å². The van der Waals surface area contributed by atoms with Gasteiger partial charge >= 0.3 is 0 Å². The molecule has 0 bridgehead atoms. The molecule has 1 atom stereocenters. The molecule has 0 aliphatic rings. The summed E-state index contributed by atoms with van der Waals surface area (Å²) in [5.74, 6) is 0.196. The van der Waals surface area contributed by atoms with Crippen molar-refractivity contribution in [2.45, 2.75) is 32.6 Å². The zero-order valence-corrected chi connectivity index (χ0v) is 76.0. The van der Waals surface area contributed by atoms with Gasteiger partial charge in [0.2, 0.25) is 0 Å². The Labute approximate surface area is 798 Å². The summed E-state index contributed by atoms with van der Waals surface area (Å²) in [6.45, 7) is 6.82. The first-order valence-electron chi connectivity index (χ1n) is 47.7. The minimum Gasteiger partial charge on any atom is -0.456 e. The molecule has 0 spiro atoms. The number of rotatable bonds is 17. The first-order valence-corrected chi connectivity index (χ1v) is 47.7. The molecule has 139 heavy (non-hydrogen) atoms. The third-order valence-electron chi connectivity index (χ3n) is 28.9. The number of para-hydroxylation sites is 9. The molecule has 656 valence electrons. The van der Waals surface area contributed by atoms with E-state index in [-0.39, 0.29) is 5.92 Å². The lowest BCUT2D eigenvalue weighted by atomic mass is 9.87. The Balaban J connectivity index is 0.598. The molecule has 22 aromatic carbocycles. The maximum atomic E-state index is 7.79. The van der Waals surface area contributed by atoms with E-state index < -0.39 is 0 Å². The summed E-state index contributed by atoms with van der Waals surface area (Å²) in [4.78, 5) is 9.46. The Morgan fingerprint density at radius 2 is 0.460 bits per heavy atom. The monoisotopic (exact) mass is 1780 g/mol. The molecule has 6 aromatic heterocycles. The van der Waals surface area contributed by atoms with Crippen LogP contribution in [0.25, 0.3) is 197 Å². The van der Waals surface area contributed by atoms with Gasteiger partial charge in [-0.05, 0) is 140 Å². The van der Waals surface area contributed by atoms with Crippen molar-refractivity contribution in [3.63, 3.8) is 0 Å². The number of hydrogen-bond donors (Lipinski definition) is 0. The third-order valence-corrected chi connectivity index (χ3v) is 28.9. The normalized spacial score (nSPS) is 12.3. The van der Waals surface area contributed by atoms with Gasteiger partial charge in [0.15, 0.2) is 22.3 Å². The van der Waals surface area contributed by atoms with E-state index in [0.717, 1.165) is 276 Å². The number of anilines is 12. The summed E-state index contributed by atoms with van der Waals surface area (Å²) in [6, 6.07) is 159. The van der Waals surface area contributed by atoms with Gasteiger partial charge in [0.25, 0.3) is 0 Å². The Kier molecular flexibility index (Phi) is 18.0. The first-order chi connectivity index (χ1) is 68.7. The Morgan fingerprint density at radius 1 is 0.173 bits per heavy atom. The fourth-order valence-electron chi connectivity index (χ4n) is 22.5. The minimum absolute atomic E-state index is 0.152. The van der Waals surface area contributed by atoms with Crippen LogP contribution >= 0.6 is 0 Å². The molecule has 0 amide bonds. The van der Waals surface area contributed by atoms with Crippen LogP contribution in [-0.4, -0.2) is 0 Å².